The van der Waals surface area contributed by atoms with Crippen LogP contribution in [0.4, 0.5) is 0 Å². The zero-order valence-electron chi connectivity index (χ0n) is 14.9. The molecule has 2 rings (SSSR count). The predicted octanol–water partition coefficient (Wildman–Crippen LogP) is 1.71. The van der Waals surface area contributed by atoms with E-state index >= 15 is 0 Å². The molecule has 0 aliphatic carbocycles. The van der Waals surface area contributed by atoms with Crippen LogP contribution in [0, 0.1) is 0 Å². The van der Waals surface area contributed by atoms with Crippen LogP contribution in [-0.2, 0) is 20.8 Å². The summed E-state index contributed by atoms with van der Waals surface area (Å²) in [5.41, 5.74) is 0.963. The minimum absolute atomic E-state index is 0.0223. The van der Waals surface area contributed by atoms with Gasteiger partial charge in [0.05, 0.1) is 13.5 Å². The normalized spacial score (nSPS) is 14.9. The van der Waals surface area contributed by atoms with Crippen LogP contribution in [0.3, 0.4) is 0 Å². The van der Waals surface area contributed by atoms with E-state index in [-0.39, 0.29) is 36.5 Å². The molecule has 136 valence electrons. The maximum absolute atomic E-state index is 12.4. The van der Waals surface area contributed by atoms with E-state index in [1.807, 2.05) is 29.2 Å². The predicted molar refractivity (Wildman–Crippen MR) is 94.4 cm³/mol. The summed E-state index contributed by atoms with van der Waals surface area (Å²) < 4.78 is 5.12. The van der Waals surface area contributed by atoms with Crippen LogP contribution >= 0.6 is 0 Å². The highest BCUT2D eigenvalue weighted by Gasteiger charge is 2.23. The molecule has 2 amide bonds. The van der Waals surface area contributed by atoms with Crippen molar-refractivity contribution in [1.82, 2.24) is 10.2 Å². The molecule has 1 aromatic rings. The summed E-state index contributed by atoms with van der Waals surface area (Å²) in [6, 6.07) is 7.60. The minimum atomic E-state index is -0.0850. The van der Waals surface area contributed by atoms with E-state index < -0.39 is 0 Å². The maximum atomic E-state index is 12.4. The summed E-state index contributed by atoms with van der Waals surface area (Å²) in [5, 5.41) is 2.95. The van der Waals surface area contributed by atoms with E-state index in [0.29, 0.717) is 19.5 Å². The molecule has 0 spiro atoms. The molecule has 0 atom stereocenters. The standard InChI is InChI=1S/C19H26N2O4/c1-14(22)3-8-18(23)20-16-9-11-21(12-10-16)19(24)13-15-4-6-17(25-2)7-5-15/h4-7,16H,3,8-13H2,1-2H3,(H,20,23). The molecular weight excluding hydrogens is 320 g/mol. The monoisotopic (exact) mass is 346 g/mol. The van der Waals surface area contributed by atoms with Crippen LogP contribution in [0.5, 0.6) is 5.75 Å². The third-order valence-corrected chi connectivity index (χ3v) is 4.43. The molecule has 1 heterocycles. The second kappa shape index (κ2) is 9.20. The highest BCUT2D eigenvalue weighted by Crippen LogP contribution is 2.15. The Balaban J connectivity index is 1.74. The number of hydrogen-bond donors (Lipinski definition) is 1. The van der Waals surface area contributed by atoms with Gasteiger partial charge in [-0.3, -0.25) is 9.59 Å². The molecule has 1 aliphatic heterocycles. The van der Waals surface area contributed by atoms with Crippen molar-refractivity contribution in [3.8, 4) is 5.75 Å². The van der Waals surface area contributed by atoms with Crippen molar-refractivity contribution in [1.29, 1.82) is 0 Å². The Morgan fingerprint density at radius 3 is 2.32 bits per heavy atom. The number of ketones is 1. The van der Waals surface area contributed by atoms with Crippen molar-refractivity contribution < 1.29 is 19.1 Å². The first-order valence-corrected chi connectivity index (χ1v) is 8.67. The lowest BCUT2D eigenvalue weighted by atomic mass is 10.0. The highest BCUT2D eigenvalue weighted by atomic mass is 16.5. The first-order chi connectivity index (χ1) is 12.0. The van der Waals surface area contributed by atoms with Crippen LogP contribution in [-0.4, -0.2) is 48.7 Å². The molecule has 6 nitrogen and oxygen atoms in total. The second-order valence-electron chi connectivity index (χ2n) is 6.45. The fourth-order valence-electron chi connectivity index (χ4n) is 2.89. The minimum Gasteiger partial charge on any atom is -0.497 e. The van der Waals surface area contributed by atoms with Crippen molar-refractivity contribution >= 4 is 17.6 Å². The van der Waals surface area contributed by atoms with E-state index in [1.54, 1.807) is 7.11 Å². The average molecular weight is 346 g/mol. The number of benzene rings is 1. The fourth-order valence-corrected chi connectivity index (χ4v) is 2.89. The van der Waals surface area contributed by atoms with Crippen LogP contribution in [0.2, 0.25) is 0 Å². The molecule has 0 saturated carbocycles. The smallest absolute Gasteiger partial charge is 0.226 e. The van der Waals surface area contributed by atoms with Crippen LogP contribution < -0.4 is 10.1 Å². The zero-order valence-corrected chi connectivity index (χ0v) is 14.9. The van der Waals surface area contributed by atoms with Gasteiger partial charge in [0.1, 0.15) is 11.5 Å². The third-order valence-electron chi connectivity index (χ3n) is 4.43. The number of amides is 2. The second-order valence-corrected chi connectivity index (χ2v) is 6.45. The number of carbonyl (C=O) groups excluding carboxylic acids is 3. The Morgan fingerprint density at radius 1 is 1.12 bits per heavy atom. The summed E-state index contributed by atoms with van der Waals surface area (Å²) in [6.07, 6.45) is 2.40. The van der Waals surface area contributed by atoms with Gasteiger partial charge in [0.25, 0.3) is 0 Å². The summed E-state index contributed by atoms with van der Waals surface area (Å²) in [6.45, 7) is 2.78. The van der Waals surface area contributed by atoms with Gasteiger partial charge in [0.2, 0.25) is 11.8 Å². The van der Waals surface area contributed by atoms with Crippen molar-refractivity contribution in [2.45, 2.75) is 45.1 Å². The summed E-state index contributed by atoms with van der Waals surface area (Å²) >= 11 is 0. The van der Waals surface area contributed by atoms with E-state index in [9.17, 15) is 14.4 Å². The number of carbonyl (C=O) groups is 3. The van der Waals surface area contributed by atoms with E-state index in [2.05, 4.69) is 5.32 Å². The number of piperidine rings is 1. The molecule has 0 unspecified atom stereocenters. The van der Waals surface area contributed by atoms with E-state index in [1.165, 1.54) is 6.92 Å². The van der Waals surface area contributed by atoms with Gasteiger partial charge < -0.3 is 19.7 Å². The SMILES string of the molecule is COc1ccc(CC(=O)N2CCC(NC(=O)CCC(C)=O)CC2)cc1. The lowest BCUT2D eigenvalue weighted by molar-refractivity contribution is -0.131. The fraction of sp³-hybridized carbons (Fsp3) is 0.526. The van der Waals surface area contributed by atoms with Crippen molar-refractivity contribution in [2.24, 2.45) is 0 Å². The van der Waals surface area contributed by atoms with Crippen LogP contribution in [0.25, 0.3) is 0 Å². The Bertz CT molecular complexity index is 604. The first-order valence-electron chi connectivity index (χ1n) is 8.67. The topological polar surface area (TPSA) is 75.7 Å². The molecule has 0 aromatic heterocycles. The van der Waals surface area contributed by atoms with Crippen molar-refractivity contribution in [3.05, 3.63) is 29.8 Å². The number of hydrogen-bond acceptors (Lipinski definition) is 4. The molecule has 1 N–H and O–H groups in total. The van der Waals surface area contributed by atoms with E-state index in [0.717, 1.165) is 24.2 Å². The lowest BCUT2D eigenvalue weighted by Gasteiger charge is -2.32. The summed E-state index contributed by atoms with van der Waals surface area (Å²) in [7, 11) is 1.61. The number of rotatable bonds is 7. The first kappa shape index (κ1) is 19.0. The number of nitrogens with zero attached hydrogens (tertiary/aromatic N) is 1. The summed E-state index contributed by atoms with van der Waals surface area (Å²) in [4.78, 5) is 36.9. The molecule has 0 bridgehead atoms. The number of methoxy groups -OCH3 is 1. The number of likely N-dealkylation sites (tertiary alicyclic amines) is 1. The van der Waals surface area contributed by atoms with Gasteiger partial charge >= 0.3 is 0 Å². The van der Waals surface area contributed by atoms with Crippen LogP contribution in [0.15, 0.2) is 24.3 Å². The maximum Gasteiger partial charge on any atom is 0.226 e. The number of Topliss-reactive ketones (excluding diaryl/α,β-unsaturated/α-hetero) is 1. The highest BCUT2D eigenvalue weighted by molar-refractivity contribution is 5.83. The lowest BCUT2D eigenvalue weighted by Crippen LogP contribution is -2.47. The van der Waals surface area contributed by atoms with E-state index in [4.69, 9.17) is 4.74 Å². The Hall–Kier alpha value is -2.37. The molecule has 1 saturated heterocycles. The van der Waals surface area contributed by atoms with Gasteiger partial charge in [-0.2, -0.15) is 0 Å². The summed E-state index contributed by atoms with van der Waals surface area (Å²) in [5.74, 6) is 0.816. The van der Waals surface area contributed by atoms with Gasteiger partial charge in [-0.25, -0.2) is 0 Å². The Kier molecular flexibility index (Phi) is 6.98. The Morgan fingerprint density at radius 2 is 1.76 bits per heavy atom. The largest absolute Gasteiger partial charge is 0.497 e. The molecule has 6 heteroatoms. The van der Waals surface area contributed by atoms with Gasteiger partial charge in [0.15, 0.2) is 0 Å². The zero-order chi connectivity index (χ0) is 18.2. The molecule has 1 fully saturated rings. The third kappa shape index (κ3) is 6.21. The molecule has 1 aliphatic rings. The van der Waals surface area contributed by atoms with Gasteiger partial charge in [-0.1, -0.05) is 12.1 Å². The quantitative estimate of drug-likeness (QED) is 0.815. The molecule has 0 radical (unpaired) electrons. The van der Waals surface area contributed by atoms with Crippen molar-refractivity contribution in [2.75, 3.05) is 20.2 Å². The van der Waals surface area contributed by atoms with Gasteiger partial charge in [-0.15, -0.1) is 0 Å². The van der Waals surface area contributed by atoms with Gasteiger partial charge in [-0.05, 0) is 37.5 Å². The number of ether oxygens (including phenoxy) is 1. The van der Waals surface area contributed by atoms with Gasteiger partial charge in [0, 0.05) is 32.0 Å². The van der Waals surface area contributed by atoms with Crippen LogP contribution in [0.1, 0.15) is 38.2 Å². The molecule has 25 heavy (non-hydrogen) atoms. The molecule has 1 aromatic carbocycles. The van der Waals surface area contributed by atoms with Crippen molar-refractivity contribution in [3.63, 3.8) is 0 Å². The molecular formula is C19H26N2O4. The Labute approximate surface area is 148 Å². The average Bonchev–Trinajstić information content (AvgIpc) is 2.61. The number of nitrogens with one attached hydrogen (secondary N) is 1.